The van der Waals surface area contributed by atoms with Crippen LogP contribution in [-0.2, 0) is 9.59 Å². The van der Waals surface area contributed by atoms with Crippen LogP contribution in [-0.4, -0.2) is 46.6 Å². The van der Waals surface area contributed by atoms with Crippen molar-refractivity contribution >= 4 is 11.8 Å². The lowest BCUT2D eigenvalue weighted by Crippen LogP contribution is -2.62. The van der Waals surface area contributed by atoms with Crippen molar-refractivity contribution in [3.05, 3.63) is 0 Å². The molecule has 2 aliphatic rings. The van der Waals surface area contributed by atoms with Crippen LogP contribution in [0, 0.1) is 5.92 Å². The third-order valence-electron chi connectivity index (χ3n) is 3.64. The first-order valence-electron chi connectivity index (χ1n) is 5.83. The van der Waals surface area contributed by atoms with Gasteiger partial charge in [-0.15, -0.1) is 0 Å². The molecule has 0 radical (unpaired) electrons. The van der Waals surface area contributed by atoms with Crippen molar-refractivity contribution in [2.75, 3.05) is 6.54 Å². The van der Waals surface area contributed by atoms with Gasteiger partial charge in [0.1, 0.15) is 12.1 Å². The van der Waals surface area contributed by atoms with E-state index in [2.05, 4.69) is 5.32 Å². The number of aliphatic hydroxyl groups excluding tert-OH is 1. The Morgan fingerprint density at radius 2 is 2.25 bits per heavy atom. The third kappa shape index (κ3) is 1.69. The smallest absolute Gasteiger partial charge is 0.246 e. The van der Waals surface area contributed by atoms with Gasteiger partial charge in [0.05, 0.1) is 6.10 Å². The molecule has 2 saturated heterocycles. The molecule has 0 saturated carbocycles. The van der Waals surface area contributed by atoms with Crippen LogP contribution in [0.4, 0.5) is 0 Å². The molecule has 90 valence electrons. The van der Waals surface area contributed by atoms with Crippen LogP contribution >= 0.6 is 0 Å². The van der Waals surface area contributed by atoms with Gasteiger partial charge in [-0.05, 0) is 5.92 Å². The second-order valence-corrected chi connectivity index (χ2v) is 4.77. The fourth-order valence-electron chi connectivity index (χ4n) is 2.42. The molecule has 2 rings (SSSR count). The van der Waals surface area contributed by atoms with Gasteiger partial charge in [-0.25, -0.2) is 0 Å². The highest BCUT2D eigenvalue weighted by Gasteiger charge is 2.46. The highest BCUT2D eigenvalue weighted by atomic mass is 16.3. The van der Waals surface area contributed by atoms with Crippen LogP contribution in [0.5, 0.6) is 0 Å². The van der Waals surface area contributed by atoms with E-state index < -0.39 is 18.2 Å². The second kappa shape index (κ2) is 4.05. The molecular formula is C11H18N2O3. The highest BCUT2D eigenvalue weighted by Crippen LogP contribution is 2.25. The molecule has 0 spiro atoms. The van der Waals surface area contributed by atoms with E-state index in [1.165, 1.54) is 4.90 Å². The van der Waals surface area contributed by atoms with Crippen LogP contribution in [0.1, 0.15) is 26.7 Å². The van der Waals surface area contributed by atoms with E-state index in [9.17, 15) is 14.7 Å². The molecule has 0 aliphatic carbocycles. The molecule has 4 atom stereocenters. The first-order chi connectivity index (χ1) is 7.54. The van der Waals surface area contributed by atoms with Crippen LogP contribution in [0.15, 0.2) is 0 Å². The number of hydrogen-bond donors (Lipinski definition) is 2. The van der Waals surface area contributed by atoms with Crippen molar-refractivity contribution in [1.29, 1.82) is 0 Å². The Kier molecular flexibility index (Phi) is 2.88. The number of fused-ring (bicyclic) bond motifs is 1. The van der Waals surface area contributed by atoms with Crippen molar-refractivity contribution in [3.8, 4) is 0 Å². The van der Waals surface area contributed by atoms with Crippen LogP contribution in [0.25, 0.3) is 0 Å². The van der Waals surface area contributed by atoms with Crippen molar-refractivity contribution in [3.63, 3.8) is 0 Å². The summed E-state index contributed by atoms with van der Waals surface area (Å²) in [4.78, 5) is 25.4. The van der Waals surface area contributed by atoms with Gasteiger partial charge in [0.25, 0.3) is 0 Å². The monoisotopic (exact) mass is 226 g/mol. The van der Waals surface area contributed by atoms with Crippen LogP contribution < -0.4 is 5.32 Å². The average Bonchev–Trinajstić information content (AvgIpc) is 2.65. The summed E-state index contributed by atoms with van der Waals surface area (Å²) in [5, 5.41) is 12.3. The number of nitrogens with one attached hydrogen (secondary N) is 1. The number of piperazine rings is 1. The largest absolute Gasteiger partial charge is 0.391 e. The second-order valence-electron chi connectivity index (χ2n) is 4.77. The Hall–Kier alpha value is -1.10. The molecule has 2 amide bonds. The van der Waals surface area contributed by atoms with E-state index in [0.29, 0.717) is 13.0 Å². The summed E-state index contributed by atoms with van der Waals surface area (Å²) in [6, 6.07) is -0.873. The summed E-state index contributed by atoms with van der Waals surface area (Å²) in [5.74, 6) is -0.0351. The quantitative estimate of drug-likeness (QED) is 0.666. The van der Waals surface area contributed by atoms with Crippen molar-refractivity contribution in [2.45, 2.75) is 44.9 Å². The van der Waals surface area contributed by atoms with Gasteiger partial charge < -0.3 is 15.3 Å². The molecule has 16 heavy (non-hydrogen) atoms. The maximum absolute atomic E-state index is 12.1. The van der Waals surface area contributed by atoms with E-state index in [1.54, 1.807) is 0 Å². The Morgan fingerprint density at radius 1 is 1.56 bits per heavy atom. The van der Waals surface area contributed by atoms with E-state index in [1.807, 2.05) is 13.8 Å². The van der Waals surface area contributed by atoms with Gasteiger partial charge in [0.2, 0.25) is 11.8 Å². The van der Waals surface area contributed by atoms with Crippen LogP contribution in [0.3, 0.4) is 0 Å². The Bertz CT molecular complexity index is 314. The minimum atomic E-state index is -0.560. The number of nitrogens with zero attached hydrogens (tertiary/aromatic N) is 1. The maximum Gasteiger partial charge on any atom is 0.246 e. The molecule has 2 aliphatic heterocycles. The van der Waals surface area contributed by atoms with E-state index in [4.69, 9.17) is 0 Å². The van der Waals surface area contributed by atoms with Crippen molar-refractivity contribution < 1.29 is 14.7 Å². The molecule has 0 aromatic rings. The maximum atomic E-state index is 12.1. The number of carbonyl (C=O) groups excluding carboxylic acids is 2. The average molecular weight is 226 g/mol. The van der Waals surface area contributed by atoms with Crippen molar-refractivity contribution in [1.82, 2.24) is 10.2 Å². The predicted molar refractivity (Wildman–Crippen MR) is 57.5 cm³/mol. The number of rotatable bonds is 2. The van der Waals surface area contributed by atoms with E-state index >= 15 is 0 Å². The van der Waals surface area contributed by atoms with Gasteiger partial charge in [-0.3, -0.25) is 9.59 Å². The topological polar surface area (TPSA) is 69.6 Å². The molecular weight excluding hydrogens is 208 g/mol. The standard InChI is InChI=1S/C11H18N2O3/c1-3-6(2)9-11(16)13-5-7(14)4-8(13)10(15)12-9/h6-9,14H,3-5H2,1-2H3,(H,12,15)/t6-,7-,8+,9+/m0/s1. The summed E-state index contributed by atoms with van der Waals surface area (Å²) < 4.78 is 0. The Balaban J connectivity index is 2.18. The SMILES string of the molecule is CC[C@H](C)[C@H]1NC(=O)[C@H]2C[C@H](O)CN2C1=O. The first-order valence-corrected chi connectivity index (χ1v) is 5.83. The zero-order valence-corrected chi connectivity index (χ0v) is 9.64. The predicted octanol–water partition coefficient (Wildman–Crippen LogP) is -0.507. The summed E-state index contributed by atoms with van der Waals surface area (Å²) in [5.41, 5.74) is 0. The lowest BCUT2D eigenvalue weighted by Gasteiger charge is -2.36. The molecule has 2 heterocycles. The number of aliphatic hydroxyl groups is 1. The summed E-state index contributed by atoms with van der Waals surface area (Å²) >= 11 is 0. The number of carbonyl (C=O) groups is 2. The van der Waals surface area contributed by atoms with Gasteiger partial charge in [-0.2, -0.15) is 0 Å². The minimum absolute atomic E-state index is 0.0458. The lowest BCUT2D eigenvalue weighted by atomic mass is 9.95. The summed E-state index contributed by atoms with van der Waals surface area (Å²) in [6.07, 6.45) is 0.651. The van der Waals surface area contributed by atoms with Crippen LogP contribution in [0.2, 0.25) is 0 Å². The fraction of sp³-hybridized carbons (Fsp3) is 0.818. The van der Waals surface area contributed by atoms with Gasteiger partial charge in [0.15, 0.2) is 0 Å². The summed E-state index contributed by atoms with van der Waals surface area (Å²) in [7, 11) is 0. The Morgan fingerprint density at radius 3 is 2.88 bits per heavy atom. The molecule has 0 aromatic carbocycles. The van der Waals surface area contributed by atoms with E-state index in [-0.39, 0.29) is 17.7 Å². The normalized spacial score (nSPS) is 35.9. The van der Waals surface area contributed by atoms with E-state index in [0.717, 1.165) is 6.42 Å². The van der Waals surface area contributed by atoms with Gasteiger partial charge in [0, 0.05) is 13.0 Å². The zero-order chi connectivity index (χ0) is 11.9. The third-order valence-corrected chi connectivity index (χ3v) is 3.64. The van der Waals surface area contributed by atoms with Gasteiger partial charge >= 0.3 is 0 Å². The fourth-order valence-corrected chi connectivity index (χ4v) is 2.42. The van der Waals surface area contributed by atoms with Crippen molar-refractivity contribution in [2.24, 2.45) is 5.92 Å². The molecule has 0 bridgehead atoms. The zero-order valence-electron chi connectivity index (χ0n) is 9.64. The molecule has 0 unspecified atom stereocenters. The number of hydrogen-bond acceptors (Lipinski definition) is 3. The lowest BCUT2D eigenvalue weighted by molar-refractivity contribution is -0.148. The number of amides is 2. The minimum Gasteiger partial charge on any atom is -0.391 e. The first kappa shape index (κ1) is 11.4. The molecule has 5 heteroatoms. The molecule has 2 N–H and O–H groups in total. The molecule has 5 nitrogen and oxygen atoms in total. The summed E-state index contributed by atoms with van der Waals surface area (Å²) in [6.45, 7) is 4.24. The molecule has 2 fully saturated rings. The highest BCUT2D eigenvalue weighted by molar-refractivity contribution is 5.97. The van der Waals surface area contributed by atoms with Gasteiger partial charge in [-0.1, -0.05) is 20.3 Å². The molecule has 0 aromatic heterocycles. The Labute approximate surface area is 94.8 Å².